The van der Waals surface area contributed by atoms with Crippen LogP contribution in [0.3, 0.4) is 0 Å². The van der Waals surface area contributed by atoms with E-state index in [0.717, 1.165) is 31.7 Å². The van der Waals surface area contributed by atoms with Crippen molar-refractivity contribution in [2.75, 3.05) is 39.3 Å². The minimum Gasteiger partial charge on any atom is -0.370 e. The summed E-state index contributed by atoms with van der Waals surface area (Å²) >= 11 is 0. The number of hydrogen-bond acceptors (Lipinski definition) is 5. The Bertz CT molecular complexity index is 869. The largest absolute Gasteiger partial charge is 0.370 e. The van der Waals surface area contributed by atoms with Crippen LogP contribution >= 0.6 is 0 Å². The molecule has 8 nitrogen and oxygen atoms in total. The molecule has 8 heteroatoms. The van der Waals surface area contributed by atoms with E-state index in [1.807, 2.05) is 23.0 Å². The third-order valence-electron chi connectivity index (χ3n) is 5.57. The van der Waals surface area contributed by atoms with Gasteiger partial charge in [-0.05, 0) is 30.2 Å². The van der Waals surface area contributed by atoms with E-state index in [4.69, 9.17) is 4.74 Å². The van der Waals surface area contributed by atoms with Gasteiger partial charge in [-0.25, -0.2) is 4.68 Å². The van der Waals surface area contributed by atoms with Crippen molar-refractivity contribution in [1.29, 1.82) is 0 Å². The first-order valence-corrected chi connectivity index (χ1v) is 10.0. The smallest absolute Gasteiger partial charge is 0.242 e. The predicted molar refractivity (Wildman–Crippen MR) is 107 cm³/mol. The third kappa shape index (κ3) is 4.65. The molecule has 2 amide bonds. The predicted octanol–water partition coefficient (Wildman–Crippen LogP) is 0.812. The van der Waals surface area contributed by atoms with E-state index in [9.17, 15) is 9.59 Å². The van der Waals surface area contributed by atoms with Crippen LogP contribution in [0.5, 0.6) is 0 Å². The number of nitrogens with zero attached hydrogens (tertiary/aromatic N) is 4. The molecular weight excluding hydrogens is 370 g/mol. The maximum absolute atomic E-state index is 12.3. The zero-order chi connectivity index (χ0) is 20.3. The first-order chi connectivity index (χ1) is 14.0. The van der Waals surface area contributed by atoms with E-state index in [2.05, 4.69) is 33.5 Å². The van der Waals surface area contributed by atoms with Gasteiger partial charge in [0.2, 0.25) is 11.8 Å². The van der Waals surface area contributed by atoms with Crippen molar-refractivity contribution in [2.45, 2.75) is 25.5 Å². The van der Waals surface area contributed by atoms with Gasteiger partial charge in [0.15, 0.2) is 0 Å². The molecule has 2 aliphatic rings. The van der Waals surface area contributed by atoms with Gasteiger partial charge in [-0.2, -0.15) is 5.10 Å². The van der Waals surface area contributed by atoms with Gasteiger partial charge in [0, 0.05) is 45.5 Å². The first-order valence-electron chi connectivity index (χ1n) is 10.0. The van der Waals surface area contributed by atoms with Crippen molar-refractivity contribution < 1.29 is 14.3 Å². The molecule has 1 aromatic carbocycles. The highest BCUT2D eigenvalue weighted by Gasteiger charge is 2.44. The maximum atomic E-state index is 12.3. The molecule has 1 unspecified atom stereocenters. The fourth-order valence-electron chi connectivity index (χ4n) is 4.15. The van der Waals surface area contributed by atoms with Crippen molar-refractivity contribution in [3.8, 4) is 5.69 Å². The van der Waals surface area contributed by atoms with Crippen LogP contribution in [0.2, 0.25) is 0 Å². The standard InChI is InChI=1S/C21H27N5O3/c1-17(27)22-13-20(28)25-9-6-21(16-25)15-24(10-11-29-21)14-18-4-2-5-19(12-18)26-8-3-7-23-26/h2-5,7-8,12H,6,9-11,13-16H2,1H3,(H,22,27). The second-order valence-electron chi connectivity index (χ2n) is 7.84. The molecule has 0 radical (unpaired) electrons. The Morgan fingerprint density at radius 1 is 1.24 bits per heavy atom. The molecule has 1 aromatic heterocycles. The second kappa shape index (κ2) is 8.34. The molecule has 0 bridgehead atoms. The summed E-state index contributed by atoms with van der Waals surface area (Å²) in [6, 6.07) is 10.3. The van der Waals surface area contributed by atoms with Crippen LogP contribution in [0.4, 0.5) is 0 Å². The molecule has 2 fully saturated rings. The summed E-state index contributed by atoms with van der Waals surface area (Å²) in [5.41, 5.74) is 1.96. The highest BCUT2D eigenvalue weighted by Crippen LogP contribution is 2.30. The van der Waals surface area contributed by atoms with Crippen LogP contribution in [0.15, 0.2) is 42.7 Å². The monoisotopic (exact) mass is 397 g/mol. The lowest BCUT2D eigenvalue weighted by Gasteiger charge is -2.40. The molecular formula is C21H27N5O3. The number of ether oxygens (including phenoxy) is 1. The minimum absolute atomic E-state index is 0.0509. The van der Waals surface area contributed by atoms with Crippen molar-refractivity contribution in [3.05, 3.63) is 48.3 Å². The maximum Gasteiger partial charge on any atom is 0.242 e. The molecule has 1 atom stereocenters. The number of likely N-dealkylation sites (tertiary alicyclic amines) is 1. The van der Waals surface area contributed by atoms with Gasteiger partial charge in [-0.3, -0.25) is 14.5 Å². The molecule has 0 saturated carbocycles. The Hall–Kier alpha value is -2.71. The van der Waals surface area contributed by atoms with Crippen LogP contribution in [0, 0.1) is 0 Å². The van der Waals surface area contributed by atoms with Gasteiger partial charge in [0.25, 0.3) is 0 Å². The van der Waals surface area contributed by atoms with Gasteiger partial charge < -0.3 is 15.0 Å². The molecule has 154 valence electrons. The van der Waals surface area contributed by atoms with Crippen molar-refractivity contribution in [2.24, 2.45) is 0 Å². The Labute approximate surface area is 170 Å². The normalized spacial score (nSPS) is 22.2. The van der Waals surface area contributed by atoms with Gasteiger partial charge in [-0.1, -0.05) is 12.1 Å². The van der Waals surface area contributed by atoms with E-state index in [0.29, 0.717) is 19.7 Å². The number of carbonyl (C=O) groups excluding carboxylic acids is 2. The molecule has 0 aliphatic carbocycles. The Morgan fingerprint density at radius 3 is 2.93 bits per heavy atom. The lowest BCUT2D eigenvalue weighted by Crippen LogP contribution is -2.53. The summed E-state index contributed by atoms with van der Waals surface area (Å²) in [6.45, 7) is 5.87. The van der Waals surface area contributed by atoms with Crippen LogP contribution in [0.25, 0.3) is 5.69 Å². The lowest BCUT2D eigenvalue weighted by atomic mass is 10.00. The molecule has 3 heterocycles. The van der Waals surface area contributed by atoms with Crippen molar-refractivity contribution in [3.63, 3.8) is 0 Å². The van der Waals surface area contributed by atoms with Gasteiger partial charge in [0.05, 0.1) is 25.4 Å². The highest BCUT2D eigenvalue weighted by atomic mass is 16.5. The third-order valence-corrected chi connectivity index (χ3v) is 5.57. The molecule has 1 N–H and O–H groups in total. The van der Waals surface area contributed by atoms with Crippen molar-refractivity contribution >= 4 is 11.8 Å². The summed E-state index contributed by atoms with van der Waals surface area (Å²) in [7, 11) is 0. The second-order valence-corrected chi connectivity index (χ2v) is 7.84. The number of hydrogen-bond donors (Lipinski definition) is 1. The number of rotatable bonds is 5. The van der Waals surface area contributed by atoms with Crippen molar-refractivity contribution in [1.82, 2.24) is 24.9 Å². The quantitative estimate of drug-likeness (QED) is 0.808. The highest BCUT2D eigenvalue weighted by molar-refractivity contribution is 5.83. The zero-order valence-electron chi connectivity index (χ0n) is 16.7. The average molecular weight is 397 g/mol. The summed E-state index contributed by atoms with van der Waals surface area (Å²) < 4.78 is 8.01. The van der Waals surface area contributed by atoms with Gasteiger partial charge >= 0.3 is 0 Å². The number of carbonyl (C=O) groups is 2. The van der Waals surface area contributed by atoms with E-state index in [1.165, 1.54) is 12.5 Å². The van der Waals surface area contributed by atoms with E-state index < -0.39 is 0 Å². The number of nitrogens with one attached hydrogen (secondary N) is 1. The topological polar surface area (TPSA) is 79.7 Å². The van der Waals surface area contributed by atoms with Crippen LogP contribution in [-0.4, -0.2) is 76.3 Å². The fourth-order valence-corrected chi connectivity index (χ4v) is 4.15. The Morgan fingerprint density at radius 2 is 2.14 bits per heavy atom. The Kier molecular flexibility index (Phi) is 5.64. The molecule has 2 saturated heterocycles. The van der Waals surface area contributed by atoms with Crippen LogP contribution in [0.1, 0.15) is 18.9 Å². The molecule has 2 aromatic rings. The number of benzene rings is 1. The first kappa shape index (κ1) is 19.6. The molecule has 1 spiro atoms. The SMILES string of the molecule is CC(=O)NCC(=O)N1CCC2(CN(Cc3cccc(-n4cccn4)c3)CCO2)C1. The van der Waals surface area contributed by atoms with Crippen LogP contribution in [-0.2, 0) is 20.9 Å². The summed E-state index contributed by atoms with van der Waals surface area (Å²) in [5, 5.41) is 6.89. The number of amides is 2. The van der Waals surface area contributed by atoms with E-state index in [-0.39, 0.29) is 24.0 Å². The van der Waals surface area contributed by atoms with E-state index >= 15 is 0 Å². The Balaban J connectivity index is 1.37. The van der Waals surface area contributed by atoms with E-state index in [1.54, 1.807) is 11.1 Å². The molecule has 4 rings (SSSR count). The van der Waals surface area contributed by atoms with Crippen LogP contribution < -0.4 is 5.32 Å². The lowest BCUT2D eigenvalue weighted by molar-refractivity contribution is -0.135. The van der Waals surface area contributed by atoms with Gasteiger partial charge in [0.1, 0.15) is 5.60 Å². The average Bonchev–Trinajstić information content (AvgIpc) is 3.37. The van der Waals surface area contributed by atoms with Gasteiger partial charge in [-0.15, -0.1) is 0 Å². The fraction of sp³-hybridized carbons (Fsp3) is 0.476. The number of aromatic nitrogens is 2. The molecule has 2 aliphatic heterocycles. The number of morpholine rings is 1. The summed E-state index contributed by atoms with van der Waals surface area (Å²) in [6.07, 6.45) is 4.54. The zero-order valence-corrected chi connectivity index (χ0v) is 16.7. The summed E-state index contributed by atoms with van der Waals surface area (Å²) in [5.74, 6) is -0.241. The summed E-state index contributed by atoms with van der Waals surface area (Å²) in [4.78, 5) is 27.6. The molecule has 29 heavy (non-hydrogen) atoms. The minimum atomic E-state index is -0.316.